The first kappa shape index (κ1) is 15.8. The van der Waals surface area contributed by atoms with Crippen LogP contribution in [0.3, 0.4) is 0 Å². The van der Waals surface area contributed by atoms with Crippen LogP contribution in [0, 0.1) is 0 Å². The number of nitrogens with two attached hydrogens (primary N) is 1. The van der Waals surface area contributed by atoms with Crippen LogP contribution in [0.4, 0.5) is 5.69 Å². The number of hydrogen-bond donors (Lipinski definition) is 1. The van der Waals surface area contributed by atoms with Gasteiger partial charge in [0.2, 0.25) is 0 Å². The lowest BCUT2D eigenvalue weighted by atomic mass is 10.1. The summed E-state index contributed by atoms with van der Waals surface area (Å²) in [5.74, 6) is -0.352. The summed E-state index contributed by atoms with van der Waals surface area (Å²) in [6.07, 6.45) is 5.73. The van der Waals surface area contributed by atoms with Crippen molar-refractivity contribution < 1.29 is 9.53 Å². The summed E-state index contributed by atoms with van der Waals surface area (Å²) in [6.45, 7) is 0.717. The van der Waals surface area contributed by atoms with Crippen LogP contribution >= 0.6 is 0 Å². The van der Waals surface area contributed by atoms with Gasteiger partial charge in [-0.1, -0.05) is 30.3 Å². The fourth-order valence-electron chi connectivity index (χ4n) is 2.46. The van der Waals surface area contributed by atoms with E-state index in [0.29, 0.717) is 24.2 Å². The molecule has 0 spiro atoms. The summed E-state index contributed by atoms with van der Waals surface area (Å²) in [5.41, 5.74) is 7.74. The second-order valence-corrected chi connectivity index (χ2v) is 5.52. The van der Waals surface area contributed by atoms with Crippen molar-refractivity contribution in [1.29, 1.82) is 0 Å². The van der Waals surface area contributed by atoms with E-state index in [0.717, 1.165) is 5.56 Å². The van der Waals surface area contributed by atoms with Crippen LogP contribution in [-0.2, 0) is 11.3 Å². The van der Waals surface area contributed by atoms with Crippen molar-refractivity contribution in [1.82, 2.24) is 9.55 Å². The summed E-state index contributed by atoms with van der Waals surface area (Å²) < 4.78 is 7.71. The van der Waals surface area contributed by atoms with Crippen LogP contribution in [0.2, 0.25) is 0 Å². The third-order valence-corrected chi connectivity index (χ3v) is 3.78. The lowest BCUT2D eigenvalue weighted by Gasteiger charge is -2.19. The molecule has 2 N–H and O–H groups in total. The van der Waals surface area contributed by atoms with Gasteiger partial charge < -0.3 is 15.0 Å². The molecule has 5 heteroatoms. The molecule has 24 heavy (non-hydrogen) atoms. The molecule has 3 rings (SSSR count). The Balaban J connectivity index is 1.74. The highest BCUT2D eigenvalue weighted by Gasteiger charge is 2.18. The van der Waals surface area contributed by atoms with Crippen molar-refractivity contribution >= 4 is 11.7 Å². The maximum Gasteiger partial charge on any atom is 0.338 e. The Hall–Kier alpha value is -3.08. The predicted octanol–water partition coefficient (Wildman–Crippen LogP) is 3.45. The fourth-order valence-corrected chi connectivity index (χ4v) is 2.46. The van der Waals surface area contributed by atoms with Crippen molar-refractivity contribution in [3.05, 3.63) is 84.4 Å². The molecule has 0 saturated heterocycles. The number of anilines is 1. The zero-order valence-electron chi connectivity index (χ0n) is 13.2. The molecule has 0 amide bonds. The van der Waals surface area contributed by atoms with Crippen LogP contribution in [0.1, 0.15) is 28.4 Å². The average molecular weight is 321 g/mol. The predicted molar refractivity (Wildman–Crippen MR) is 92.3 cm³/mol. The van der Waals surface area contributed by atoms with Crippen LogP contribution < -0.4 is 5.73 Å². The van der Waals surface area contributed by atoms with E-state index in [1.54, 1.807) is 36.8 Å². The highest BCUT2D eigenvalue weighted by Crippen LogP contribution is 2.23. The number of benzene rings is 2. The Morgan fingerprint density at radius 2 is 1.88 bits per heavy atom. The standard InChI is InChI=1S/C19H19N3O2/c20-17-8-6-16(7-9-17)19(23)24-18(15-4-2-1-3-5-15)10-12-22-13-11-21-14-22/h1-9,11,13-14,18H,10,12,20H2. The number of aromatic nitrogens is 2. The second kappa shape index (κ2) is 7.46. The largest absolute Gasteiger partial charge is 0.454 e. The fraction of sp³-hybridized carbons (Fsp3) is 0.158. The van der Waals surface area contributed by atoms with E-state index in [2.05, 4.69) is 4.98 Å². The lowest BCUT2D eigenvalue weighted by molar-refractivity contribution is 0.0266. The number of nitrogen functional groups attached to an aromatic ring is 1. The molecule has 0 aliphatic rings. The van der Waals surface area contributed by atoms with Gasteiger partial charge in [0.25, 0.3) is 0 Å². The van der Waals surface area contributed by atoms with Gasteiger partial charge in [0.1, 0.15) is 6.10 Å². The number of carbonyl (C=O) groups is 1. The van der Waals surface area contributed by atoms with E-state index in [1.165, 1.54) is 0 Å². The quantitative estimate of drug-likeness (QED) is 0.557. The number of rotatable bonds is 6. The van der Waals surface area contributed by atoms with Crippen molar-refractivity contribution in [2.45, 2.75) is 19.1 Å². The minimum atomic E-state index is -0.352. The van der Waals surface area contributed by atoms with Gasteiger partial charge in [0, 0.05) is 31.0 Å². The number of hydrogen-bond acceptors (Lipinski definition) is 4. The Morgan fingerprint density at radius 1 is 1.12 bits per heavy atom. The normalized spacial score (nSPS) is 11.8. The topological polar surface area (TPSA) is 70.1 Å². The molecule has 0 aliphatic heterocycles. The summed E-state index contributed by atoms with van der Waals surface area (Å²) >= 11 is 0. The zero-order valence-corrected chi connectivity index (χ0v) is 13.2. The van der Waals surface area contributed by atoms with Gasteiger partial charge in [-0.15, -0.1) is 0 Å². The van der Waals surface area contributed by atoms with Crippen molar-refractivity contribution in [3.8, 4) is 0 Å². The van der Waals surface area contributed by atoms with Gasteiger partial charge in [-0.2, -0.15) is 0 Å². The molecule has 1 unspecified atom stereocenters. The van der Waals surface area contributed by atoms with E-state index in [-0.39, 0.29) is 12.1 Å². The van der Waals surface area contributed by atoms with Crippen molar-refractivity contribution in [2.75, 3.05) is 5.73 Å². The molecule has 1 heterocycles. The number of aryl methyl sites for hydroxylation is 1. The minimum Gasteiger partial charge on any atom is -0.454 e. The van der Waals surface area contributed by atoms with Crippen molar-refractivity contribution in [2.24, 2.45) is 0 Å². The number of carbonyl (C=O) groups excluding carboxylic acids is 1. The smallest absolute Gasteiger partial charge is 0.338 e. The highest BCUT2D eigenvalue weighted by molar-refractivity contribution is 5.89. The molecule has 0 radical (unpaired) electrons. The maximum atomic E-state index is 12.4. The van der Waals surface area contributed by atoms with E-state index in [1.807, 2.05) is 41.1 Å². The summed E-state index contributed by atoms with van der Waals surface area (Å²) in [7, 11) is 0. The molecule has 3 aromatic rings. The average Bonchev–Trinajstić information content (AvgIpc) is 3.13. The highest BCUT2D eigenvalue weighted by atomic mass is 16.5. The lowest BCUT2D eigenvalue weighted by Crippen LogP contribution is -2.14. The number of nitrogens with zero attached hydrogens (tertiary/aromatic N) is 2. The molecule has 0 bridgehead atoms. The molecule has 2 aromatic carbocycles. The third-order valence-electron chi connectivity index (χ3n) is 3.78. The SMILES string of the molecule is Nc1ccc(C(=O)OC(CCn2ccnc2)c2ccccc2)cc1. The van der Waals surface area contributed by atoms with E-state index in [9.17, 15) is 4.79 Å². The summed E-state index contributed by atoms with van der Waals surface area (Å²) in [5, 5.41) is 0. The van der Waals surface area contributed by atoms with E-state index >= 15 is 0 Å². The molecule has 1 atom stereocenters. The summed E-state index contributed by atoms with van der Waals surface area (Å²) in [6, 6.07) is 16.5. The van der Waals surface area contributed by atoms with Crippen LogP contribution in [0.5, 0.6) is 0 Å². The molecular weight excluding hydrogens is 302 g/mol. The molecule has 0 aliphatic carbocycles. The number of ether oxygens (including phenoxy) is 1. The van der Waals surface area contributed by atoms with Gasteiger partial charge in [0.15, 0.2) is 0 Å². The Kier molecular flexibility index (Phi) is 4.91. The monoisotopic (exact) mass is 321 g/mol. The van der Waals surface area contributed by atoms with Crippen LogP contribution in [0.15, 0.2) is 73.3 Å². The third kappa shape index (κ3) is 4.01. The first-order valence-corrected chi connectivity index (χ1v) is 7.79. The maximum absolute atomic E-state index is 12.4. The Labute approximate surface area is 140 Å². The Morgan fingerprint density at radius 3 is 2.54 bits per heavy atom. The van der Waals surface area contributed by atoms with Gasteiger partial charge in [-0.3, -0.25) is 0 Å². The zero-order chi connectivity index (χ0) is 16.8. The van der Waals surface area contributed by atoms with Crippen LogP contribution in [-0.4, -0.2) is 15.5 Å². The first-order chi connectivity index (χ1) is 11.7. The summed E-state index contributed by atoms with van der Waals surface area (Å²) in [4.78, 5) is 16.5. The van der Waals surface area contributed by atoms with E-state index in [4.69, 9.17) is 10.5 Å². The van der Waals surface area contributed by atoms with Gasteiger partial charge in [-0.05, 0) is 29.8 Å². The van der Waals surface area contributed by atoms with Gasteiger partial charge >= 0.3 is 5.97 Å². The van der Waals surface area contributed by atoms with Crippen LogP contribution in [0.25, 0.3) is 0 Å². The first-order valence-electron chi connectivity index (χ1n) is 7.79. The molecule has 1 aromatic heterocycles. The Bertz CT molecular complexity index is 768. The molecular formula is C19H19N3O2. The van der Waals surface area contributed by atoms with Crippen molar-refractivity contribution in [3.63, 3.8) is 0 Å². The second-order valence-electron chi connectivity index (χ2n) is 5.52. The van der Waals surface area contributed by atoms with Gasteiger partial charge in [0.05, 0.1) is 11.9 Å². The number of imidazole rings is 1. The molecule has 0 saturated carbocycles. The molecule has 5 nitrogen and oxygen atoms in total. The molecule has 122 valence electrons. The van der Waals surface area contributed by atoms with E-state index < -0.39 is 0 Å². The molecule has 0 fully saturated rings. The van der Waals surface area contributed by atoms with Gasteiger partial charge in [-0.25, -0.2) is 9.78 Å². The number of esters is 1. The minimum absolute atomic E-state index is 0.321.